The van der Waals surface area contributed by atoms with Crippen LogP contribution >= 0.6 is 0 Å². The molecule has 132 valence electrons. The molecule has 3 rings (SSSR count). The Morgan fingerprint density at radius 3 is 2.48 bits per heavy atom. The Morgan fingerprint density at radius 1 is 1.08 bits per heavy atom. The molecule has 1 heterocycles. The van der Waals surface area contributed by atoms with Crippen LogP contribution in [0.4, 0.5) is 5.69 Å². The van der Waals surface area contributed by atoms with Gasteiger partial charge in [0.1, 0.15) is 5.58 Å². The van der Waals surface area contributed by atoms with Gasteiger partial charge in [-0.3, -0.25) is 5.32 Å². The maximum absolute atomic E-state index is 6.29. The van der Waals surface area contributed by atoms with Gasteiger partial charge in [-0.05, 0) is 53.2 Å². The van der Waals surface area contributed by atoms with Crippen LogP contribution in [0.1, 0.15) is 40.2 Å². The third kappa shape index (κ3) is 3.16. The second kappa shape index (κ2) is 6.57. The number of benzene rings is 2. The molecule has 3 nitrogen and oxygen atoms in total. The molecule has 2 aromatic carbocycles. The van der Waals surface area contributed by atoms with Crippen molar-refractivity contribution in [1.82, 2.24) is 5.32 Å². The van der Waals surface area contributed by atoms with E-state index >= 15 is 0 Å². The van der Waals surface area contributed by atoms with Gasteiger partial charge in [-0.25, -0.2) is 0 Å². The van der Waals surface area contributed by atoms with Gasteiger partial charge < -0.3 is 9.32 Å². The molecule has 0 aliphatic heterocycles. The predicted octanol–water partition coefficient (Wildman–Crippen LogP) is 5.97. The highest BCUT2D eigenvalue weighted by atomic mass is 16.3. The number of hydrogen-bond acceptors (Lipinski definition) is 3. The molecule has 0 fully saturated rings. The van der Waals surface area contributed by atoms with Crippen molar-refractivity contribution in [2.45, 2.75) is 53.2 Å². The Hall–Kier alpha value is -2.26. The third-order valence-electron chi connectivity index (χ3n) is 4.51. The summed E-state index contributed by atoms with van der Waals surface area (Å²) in [6, 6.07) is 13.0. The van der Waals surface area contributed by atoms with E-state index in [0.717, 1.165) is 27.6 Å². The summed E-state index contributed by atoms with van der Waals surface area (Å²) in [6.07, 6.45) is 4.20. The molecule has 25 heavy (non-hydrogen) atoms. The van der Waals surface area contributed by atoms with Crippen LogP contribution in [0.5, 0.6) is 0 Å². The normalized spacial score (nSPS) is 12.8. The van der Waals surface area contributed by atoms with Crippen molar-refractivity contribution in [1.29, 1.82) is 0 Å². The molecule has 0 aliphatic rings. The first-order valence-electron chi connectivity index (χ1n) is 8.96. The molecule has 0 bridgehead atoms. The van der Waals surface area contributed by atoms with Crippen LogP contribution in [0.3, 0.4) is 0 Å². The van der Waals surface area contributed by atoms with Crippen LogP contribution in [-0.2, 0) is 0 Å². The van der Waals surface area contributed by atoms with E-state index in [1.165, 1.54) is 5.56 Å². The van der Waals surface area contributed by atoms with Crippen molar-refractivity contribution in [3.63, 3.8) is 0 Å². The lowest BCUT2D eigenvalue weighted by atomic mass is 10.0. The maximum atomic E-state index is 6.29. The Labute approximate surface area is 150 Å². The number of para-hydroxylation sites is 1. The summed E-state index contributed by atoms with van der Waals surface area (Å²) in [4.78, 5) is 2.28. The summed E-state index contributed by atoms with van der Waals surface area (Å²) in [7, 11) is 0. The Bertz CT molecular complexity index is 918. The van der Waals surface area contributed by atoms with Gasteiger partial charge >= 0.3 is 0 Å². The van der Waals surface area contributed by atoms with Crippen molar-refractivity contribution in [2.75, 3.05) is 4.90 Å². The van der Waals surface area contributed by atoms with Gasteiger partial charge in [-0.1, -0.05) is 36.4 Å². The summed E-state index contributed by atoms with van der Waals surface area (Å²) >= 11 is 0. The van der Waals surface area contributed by atoms with E-state index in [0.29, 0.717) is 6.04 Å². The number of nitrogens with one attached hydrogen (secondary N) is 1. The number of nitrogens with zero attached hydrogens (tertiary/aromatic N) is 1. The van der Waals surface area contributed by atoms with E-state index in [9.17, 15) is 0 Å². The molecule has 0 saturated carbocycles. The van der Waals surface area contributed by atoms with Crippen molar-refractivity contribution < 1.29 is 4.42 Å². The van der Waals surface area contributed by atoms with Gasteiger partial charge in [0.25, 0.3) is 0 Å². The summed E-state index contributed by atoms with van der Waals surface area (Å²) in [5.74, 6) is 0. The molecular weight excluding hydrogens is 308 g/mol. The van der Waals surface area contributed by atoms with E-state index in [1.807, 2.05) is 19.1 Å². The second-order valence-electron chi connectivity index (χ2n) is 7.42. The van der Waals surface area contributed by atoms with Crippen molar-refractivity contribution in [3.8, 4) is 0 Å². The van der Waals surface area contributed by atoms with E-state index < -0.39 is 0 Å². The fourth-order valence-corrected chi connectivity index (χ4v) is 3.64. The molecule has 0 radical (unpaired) electrons. The first-order valence-corrected chi connectivity index (χ1v) is 8.96. The summed E-state index contributed by atoms with van der Waals surface area (Å²) in [5, 5.41) is 5.98. The fraction of sp³-hybridized carbons (Fsp3) is 0.364. The van der Waals surface area contributed by atoms with E-state index in [-0.39, 0.29) is 5.66 Å². The minimum Gasteiger partial charge on any atom is -0.454 e. The lowest BCUT2D eigenvalue weighted by Crippen LogP contribution is -2.55. The monoisotopic (exact) mass is 336 g/mol. The smallest absolute Gasteiger partial charge is 0.159 e. The van der Waals surface area contributed by atoms with Crippen LogP contribution < -0.4 is 10.2 Å². The average molecular weight is 336 g/mol. The first kappa shape index (κ1) is 17.6. The predicted molar refractivity (Wildman–Crippen MR) is 108 cm³/mol. The molecule has 1 N–H and O–H groups in total. The molecule has 0 unspecified atom stereocenters. The average Bonchev–Trinajstić information content (AvgIpc) is 2.90. The Balaban J connectivity index is 2.28. The molecule has 0 spiro atoms. The standard InChI is InChI=1S/C22H28N2O/c1-7-14-24(22(5,6)23-15(2)3)20-16(4)12-13-18-17-10-8-9-11-19(17)25-21(18)20/h7-15,23H,1-6H3/b14-7-. The number of allylic oxidation sites excluding steroid dienone is 1. The number of anilines is 1. The quantitative estimate of drug-likeness (QED) is 0.582. The van der Waals surface area contributed by atoms with E-state index in [1.54, 1.807) is 0 Å². The van der Waals surface area contributed by atoms with E-state index in [2.05, 4.69) is 81.4 Å². The van der Waals surface area contributed by atoms with Crippen LogP contribution in [0.15, 0.2) is 53.1 Å². The molecule has 1 aromatic heterocycles. The summed E-state index contributed by atoms with van der Waals surface area (Å²) < 4.78 is 6.29. The summed E-state index contributed by atoms with van der Waals surface area (Å²) in [5.41, 5.74) is 3.93. The van der Waals surface area contributed by atoms with Gasteiger partial charge in [0.05, 0.1) is 11.4 Å². The number of furan rings is 1. The third-order valence-corrected chi connectivity index (χ3v) is 4.51. The Kier molecular flexibility index (Phi) is 4.61. The lowest BCUT2D eigenvalue weighted by molar-refractivity contribution is 0.358. The van der Waals surface area contributed by atoms with Gasteiger partial charge in [0.15, 0.2) is 5.58 Å². The molecule has 0 aliphatic carbocycles. The summed E-state index contributed by atoms with van der Waals surface area (Å²) in [6.45, 7) is 12.9. The highest BCUT2D eigenvalue weighted by Crippen LogP contribution is 2.39. The number of fused-ring (bicyclic) bond motifs is 3. The Morgan fingerprint density at radius 2 is 1.80 bits per heavy atom. The molecule has 0 saturated heterocycles. The first-order chi connectivity index (χ1) is 11.8. The van der Waals surface area contributed by atoms with Gasteiger partial charge in [0, 0.05) is 23.0 Å². The second-order valence-corrected chi connectivity index (χ2v) is 7.42. The molecule has 3 aromatic rings. The largest absolute Gasteiger partial charge is 0.454 e. The molecule has 3 heteroatoms. The van der Waals surface area contributed by atoms with Gasteiger partial charge in [0.2, 0.25) is 0 Å². The van der Waals surface area contributed by atoms with Gasteiger partial charge in [-0.15, -0.1) is 0 Å². The minimum absolute atomic E-state index is 0.251. The van der Waals surface area contributed by atoms with E-state index in [4.69, 9.17) is 4.42 Å². The highest BCUT2D eigenvalue weighted by molar-refractivity contribution is 6.09. The lowest BCUT2D eigenvalue weighted by Gasteiger charge is -2.40. The van der Waals surface area contributed by atoms with Gasteiger partial charge in [-0.2, -0.15) is 0 Å². The van der Waals surface area contributed by atoms with Crippen molar-refractivity contribution in [3.05, 3.63) is 54.2 Å². The van der Waals surface area contributed by atoms with Crippen molar-refractivity contribution >= 4 is 27.6 Å². The topological polar surface area (TPSA) is 28.4 Å². The van der Waals surface area contributed by atoms with Crippen LogP contribution in [-0.4, -0.2) is 11.7 Å². The zero-order valence-electron chi connectivity index (χ0n) is 16.1. The SMILES string of the molecule is C/C=C\N(c1c(C)ccc2c1oc1ccccc12)C(C)(C)NC(C)C. The number of aryl methyl sites for hydroxylation is 1. The highest BCUT2D eigenvalue weighted by Gasteiger charge is 2.29. The van der Waals surface area contributed by atoms with Crippen LogP contribution in [0, 0.1) is 6.92 Å². The number of hydrogen-bond donors (Lipinski definition) is 1. The number of rotatable bonds is 5. The zero-order chi connectivity index (χ0) is 18.2. The van der Waals surface area contributed by atoms with Crippen molar-refractivity contribution in [2.24, 2.45) is 0 Å². The van der Waals surface area contributed by atoms with Crippen LogP contribution in [0.2, 0.25) is 0 Å². The fourth-order valence-electron chi connectivity index (χ4n) is 3.64. The minimum atomic E-state index is -0.251. The maximum Gasteiger partial charge on any atom is 0.159 e. The van der Waals surface area contributed by atoms with Crippen LogP contribution in [0.25, 0.3) is 21.9 Å². The zero-order valence-corrected chi connectivity index (χ0v) is 16.1. The molecule has 0 atom stereocenters. The molecule has 0 amide bonds. The molecular formula is C22H28N2O.